The number of fused-ring (bicyclic) bond motifs is 1. The highest BCUT2D eigenvalue weighted by molar-refractivity contribution is 5.95. The van der Waals surface area contributed by atoms with Gasteiger partial charge in [0.2, 0.25) is 6.79 Å². The van der Waals surface area contributed by atoms with Crippen molar-refractivity contribution in [2.24, 2.45) is 0 Å². The van der Waals surface area contributed by atoms with Gasteiger partial charge in [0.25, 0.3) is 0 Å². The molecule has 0 unspecified atom stereocenters. The summed E-state index contributed by atoms with van der Waals surface area (Å²) in [5.41, 5.74) is 5.79. The zero-order valence-electron chi connectivity index (χ0n) is 17.0. The van der Waals surface area contributed by atoms with Crippen LogP contribution in [0, 0.1) is 6.92 Å². The number of Topliss-reactive ketones (excluding diaryl/α,β-unsaturated/α-hetero) is 1. The number of carbonyl (C=O) groups is 1. The summed E-state index contributed by atoms with van der Waals surface area (Å²) in [6.07, 6.45) is 2.17. The SMILES string of the molecule is Cc1ccc(-c2cccc(CO)c2)cc1CC(=O)C1(c2ccc3c(c2)OCO3)CC1. The van der Waals surface area contributed by atoms with Gasteiger partial charge in [-0.1, -0.05) is 42.5 Å². The molecule has 1 saturated carbocycles. The molecule has 3 aromatic rings. The lowest BCUT2D eigenvalue weighted by molar-refractivity contribution is -0.120. The summed E-state index contributed by atoms with van der Waals surface area (Å²) in [4.78, 5) is 13.4. The molecule has 0 spiro atoms. The van der Waals surface area contributed by atoms with Gasteiger partial charge < -0.3 is 14.6 Å². The summed E-state index contributed by atoms with van der Waals surface area (Å²) in [5, 5.41) is 9.43. The number of aliphatic hydroxyl groups excluding tert-OH is 1. The molecule has 1 N–H and O–H groups in total. The second-order valence-corrected chi connectivity index (χ2v) is 8.25. The molecule has 0 aromatic heterocycles. The molecule has 0 radical (unpaired) electrons. The molecule has 152 valence electrons. The molecule has 2 aliphatic rings. The minimum atomic E-state index is -0.403. The third-order valence-electron chi connectivity index (χ3n) is 6.35. The fraction of sp³-hybridized carbons (Fsp3) is 0.269. The predicted molar refractivity (Wildman–Crippen MR) is 115 cm³/mol. The fourth-order valence-electron chi connectivity index (χ4n) is 4.28. The Morgan fingerprint density at radius 1 is 0.967 bits per heavy atom. The van der Waals surface area contributed by atoms with E-state index >= 15 is 0 Å². The van der Waals surface area contributed by atoms with Crippen LogP contribution in [0.5, 0.6) is 11.5 Å². The molecular weight excluding hydrogens is 376 g/mol. The highest BCUT2D eigenvalue weighted by Gasteiger charge is 2.50. The lowest BCUT2D eigenvalue weighted by atomic mass is 9.86. The van der Waals surface area contributed by atoms with Crippen molar-refractivity contribution < 1.29 is 19.4 Å². The Kier molecular flexibility index (Phi) is 4.59. The van der Waals surface area contributed by atoms with Crippen molar-refractivity contribution in [2.45, 2.75) is 38.2 Å². The standard InChI is InChI=1S/C26H24O4/c1-17-5-6-20(19-4-2-3-18(11-19)15-27)12-21(17)13-25(28)26(9-10-26)22-7-8-23-24(14-22)30-16-29-23/h2-8,11-12,14,27H,9-10,13,15-16H2,1H3. The number of hydrogen-bond donors (Lipinski definition) is 1. The van der Waals surface area contributed by atoms with Crippen molar-refractivity contribution in [1.82, 2.24) is 0 Å². The third kappa shape index (κ3) is 3.27. The van der Waals surface area contributed by atoms with Gasteiger partial charge >= 0.3 is 0 Å². The van der Waals surface area contributed by atoms with Gasteiger partial charge in [0, 0.05) is 6.42 Å². The number of hydrogen-bond acceptors (Lipinski definition) is 4. The largest absolute Gasteiger partial charge is 0.454 e. The normalized spacial score (nSPS) is 15.8. The predicted octanol–water partition coefficient (Wildman–Crippen LogP) is 4.73. The van der Waals surface area contributed by atoms with Gasteiger partial charge in [-0.2, -0.15) is 0 Å². The minimum absolute atomic E-state index is 0.0170. The molecule has 0 atom stereocenters. The lowest BCUT2D eigenvalue weighted by Gasteiger charge is -2.17. The molecule has 30 heavy (non-hydrogen) atoms. The van der Waals surface area contributed by atoms with E-state index in [0.717, 1.165) is 57.7 Å². The zero-order chi connectivity index (χ0) is 20.7. The first kappa shape index (κ1) is 18.9. The van der Waals surface area contributed by atoms with Crippen molar-refractivity contribution in [3.8, 4) is 22.6 Å². The molecule has 1 aliphatic heterocycles. The molecule has 3 aromatic carbocycles. The molecule has 4 nitrogen and oxygen atoms in total. The zero-order valence-corrected chi connectivity index (χ0v) is 17.0. The number of benzene rings is 3. The summed E-state index contributed by atoms with van der Waals surface area (Å²) in [7, 11) is 0. The number of aryl methyl sites for hydroxylation is 1. The van der Waals surface area contributed by atoms with Crippen molar-refractivity contribution in [3.63, 3.8) is 0 Å². The van der Waals surface area contributed by atoms with E-state index in [-0.39, 0.29) is 19.2 Å². The van der Waals surface area contributed by atoms with E-state index in [9.17, 15) is 9.90 Å². The maximum Gasteiger partial charge on any atom is 0.231 e. The van der Waals surface area contributed by atoms with Crippen LogP contribution in [0.2, 0.25) is 0 Å². The fourth-order valence-corrected chi connectivity index (χ4v) is 4.28. The summed E-state index contributed by atoms with van der Waals surface area (Å²) in [6, 6.07) is 20.0. The number of aliphatic hydroxyl groups is 1. The van der Waals surface area contributed by atoms with Crippen LogP contribution in [-0.2, 0) is 23.2 Å². The van der Waals surface area contributed by atoms with Crippen molar-refractivity contribution in [1.29, 1.82) is 0 Å². The second kappa shape index (κ2) is 7.29. The van der Waals surface area contributed by atoms with Crippen LogP contribution in [-0.4, -0.2) is 17.7 Å². The molecule has 0 bridgehead atoms. The summed E-state index contributed by atoms with van der Waals surface area (Å²) < 4.78 is 10.9. The first-order valence-corrected chi connectivity index (χ1v) is 10.3. The number of ether oxygens (including phenoxy) is 2. The van der Waals surface area contributed by atoms with E-state index in [4.69, 9.17) is 9.47 Å². The van der Waals surface area contributed by atoms with Crippen molar-refractivity contribution in [3.05, 3.63) is 82.9 Å². The van der Waals surface area contributed by atoms with Crippen LogP contribution in [0.3, 0.4) is 0 Å². The molecular formula is C26H24O4. The number of rotatable bonds is 6. The Morgan fingerprint density at radius 3 is 2.57 bits per heavy atom. The maximum absolute atomic E-state index is 13.4. The number of carbonyl (C=O) groups excluding carboxylic acids is 1. The van der Waals surface area contributed by atoms with Crippen LogP contribution >= 0.6 is 0 Å². The van der Waals surface area contributed by atoms with Gasteiger partial charge in [-0.05, 0) is 71.3 Å². The van der Waals surface area contributed by atoms with Crippen LogP contribution in [0.4, 0.5) is 0 Å². The quantitative estimate of drug-likeness (QED) is 0.650. The Labute approximate surface area is 176 Å². The first-order valence-electron chi connectivity index (χ1n) is 10.3. The average Bonchev–Trinajstić information content (AvgIpc) is 3.46. The van der Waals surface area contributed by atoms with E-state index in [0.29, 0.717) is 6.42 Å². The van der Waals surface area contributed by atoms with Crippen LogP contribution in [0.1, 0.15) is 35.1 Å². The van der Waals surface area contributed by atoms with E-state index in [1.807, 2.05) is 42.5 Å². The summed E-state index contributed by atoms with van der Waals surface area (Å²) in [5.74, 6) is 1.73. The summed E-state index contributed by atoms with van der Waals surface area (Å²) in [6.45, 7) is 2.31. The Balaban J connectivity index is 1.42. The van der Waals surface area contributed by atoms with E-state index in [1.165, 1.54) is 0 Å². The minimum Gasteiger partial charge on any atom is -0.454 e. The van der Waals surface area contributed by atoms with Gasteiger partial charge in [0.15, 0.2) is 11.5 Å². The van der Waals surface area contributed by atoms with Crippen molar-refractivity contribution >= 4 is 5.78 Å². The van der Waals surface area contributed by atoms with Gasteiger partial charge in [-0.25, -0.2) is 0 Å². The Morgan fingerprint density at radius 2 is 1.77 bits per heavy atom. The first-order chi connectivity index (χ1) is 14.6. The van der Waals surface area contributed by atoms with E-state index < -0.39 is 5.41 Å². The molecule has 5 rings (SSSR count). The Hall–Kier alpha value is -3.11. The van der Waals surface area contributed by atoms with Crippen molar-refractivity contribution in [2.75, 3.05) is 6.79 Å². The van der Waals surface area contributed by atoms with E-state index in [2.05, 4.69) is 25.1 Å². The second-order valence-electron chi connectivity index (χ2n) is 8.25. The topological polar surface area (TPSA) is 55.8 Å². The molecule has 1 aliphatic carbocycles. The van der Waals surface area contributed by atoms with Crippen LogP contribution < -0.4 is 9.47 Å². The third-order valence-corrected chi connectivity index (χ3v) is 6.35. The molecule has 1 heterocycles. The Bertz CT molecular complexity index is 1130. The van der Waals surface area contributed by atoms with Crippen LogP contribution in [0.25, 0.3) is 11.1 Å². The monoisotopic (exact) mass is 400 g/mol. The highest BCUT2D eigenvalue weighted by Crippen LogP contribution is 2.51. The van der Waals surface area contributed by atoms with Gasteiger partial charge in [-0.3, -0.25) is 4.79 Å². The molecule has 0 amide bonds. The molecule has 0 saturated heterocycles. The highest BCUT2D eigenvalue weighted by atomic mass is 16.7. The number of ketones is 1. The van der Waals surface area contributed by atoms with Gasteiger partial charge in [0.1, 0.15) is 5.78 Å². The smallest absolute Gasteiger partial charge is 0.231 e. The molecule has 4 heteroatoms. The van der Waals surface area contributed by atoms with E-state index in [1.54, 1.807) is 0 Å². The summed E-state index contributed by atoms with van der Waals surface area (Å²) >= 11 is 0. The van der Waals surface area contributed by atoms with Gasteiger partial charge in [-0.15, -0.1) is 0 Å². The molecule has 1 fully saturated rings. The average molecular weight is 400 g/mol. The lowest BCUT2D eigenvalue weighted by Crippen LogP contribution is -2.22. The van der Waals surface area contributed by atoms with Gasteiger partial charge in [0.05, 0.1) is 12.0 Å². The van der Waals surface area contributed by atoms with Crippen LogP contribution in [0.15, 0.2) is 60.7 Å². The maximum atomic E-state index is 13.4.